The van der Waals surface area contributed by atoms with E-state index in [1.807, 2.05) is 12.1 Å². The van der Waals surface area contributed by atoms with Crippen LogP contribution in [0.15, 0.2) is 36.4 Å². The number of benzene rings is 2. The van der Waals surface area contributed by atoms with E-state index in [-0.39, 0.29) is 24.8 Å². The van der Waals surface area contributed by atoms with Crippen LogP contribution in [-0.4, -0.2) is 12.6 Å². The second-order valence-electron chi connectivity index (χ2n) is 8.47. The molecular formula is C22H28Cl2N2. The quantitative estimate of drug-likeness (QED) is 0.566. The highest BCUT2D eigenvalue weighted by molar-refractivity contribution is 5.87. The van der Waals surface area contributed by atoms with E-state index >= 15 is 0 Å². The number of halogens is 2. The molecule has 2 atom stereocenters. The molecule has 4 rings (SSSR count). The summed E-state index contributed by atoms with van der Waals surface area (Å²) in [6, 6.07) is 15.7. The van der Waals surface area contributed by atoms with E-state index in [2.05, 4.69) is 49.1 Å². The maximum atomic E-state index is 9.08. The van der Waals surface area contributed by atoms with Gasteiger partial charge in [0.25, 0.3) is 0 Å². The van der Waals surface area contributed by atoms with Gasteiger partial charge in [-0.25, -0.2) is 0 Å². The predicted octanol–water partition coefficient (Wildman–Crippen LogP) is 6.35. The van der Waals surface area contributed by atoms with Crippen LogP contribution in [0.4, 0.5) is 5.69 Å². The smallest absolute Gasteiger partial charge is 0.0991 e. The number of piperidine rings is 1. The second kappa shape index (κ2) is 8.07. The summed E-state index contributed by atoms with van der Waals surface area (Å²) < 4.78 is 0. The van der Waals surface area contributed by atoms with Crippen molar-refractivity contribution in [2.24, 2.45) is 11.3 Å². The number of hydrogen-bond acceptors (Lipinski definition) is 2. The van der Waals surface area contributed by atoms with Crippen LogP contribution in [0.3, 0.4) is 0 Å². The SMILES string of the molecule is CC1(C)C[C@H]2CCCC[C@@H]2N(c2ccc3cc(C#N)ccc3c2)C1.Cl.Cl. The van der Waals surface area contributed by atoms with Gasteiger partial charge < -0.3 is 4.90 Å². The van der Waals surface area contributed by atoms with Gasteiger partial charge in [0.05, 0.1) is 11.6 Å². The molecule has 2 fully saturated rings. The van der Waals surface area contributed by atoms with Crippen molar-refractivity contribution in [2.75, 3.05) is 11.4 Å². The Balaban J connectivity index is 0.00000121. The summed E-state index contributed by atoms with van der Waals surface area (Å²) >= 11 is 0. The van der Waals surface area contributed by atoms with E-state index in [1.54, 1.807) is 0 Å². The maximum absolute atomic E-state index is 9.08. The molecule has 0 amide bonds. The first-order valence-corrected chi connectivity index (χ1v) is 9.26. The Kier molecular flexibility index (Phi) is 6.48. The van der Waals surface area contributed by atoms with Gasteiger partial charge in [0, 0.05) is 18.3 Å². The van der Waals surface area contributed by atoms with Gasteiger partial charge in [0.1, 0.15) is 0 Å². The van der Waals surface area contributed by atoms with Crippen molar-refractivity contribution in [3.63, 3.8) is 0 Å². The molecule has 2 nitrogen and oxygen atoms in total. The van der Waals surface area contributed by atoms with Gasteiger partial charge in [0.15, 0.2) is 0 Å². The highest BCUT2D eigenvalue weighted by atomic mass is 35.5. The molecule has 2 aliphatic rings. The fourth-order valence-electron chi connectivity index (χ4n) is 4.95. The van der Waals surface area contributed by atoms with Crippen LogP contribution < -0.4 is 4.90 Å². The fourth-order valence-corrected chi connectivity index (χ4v) is 4.95. The lowest BCUT2D eigenvalue weighted by molar-refractivity contribution is 0.145. The van der Waals surface area contributed by atoms with Gasteiger partial charge in [0.2, 0.25) is 0 Å². The lowest BCUT2D eigenvalue weighted by Gasteiger charge is -2.51. The number of fused-ring (bicyclic) bond motifs is 2. The van der Waals surface area contributed by atoms with Crippen molar-refractivity contribution in [1.29, 1.82) is 5.26 Å². The zero-order chi connectivity index (χ0) is 16.7. The Bertz CT molecular complexity index is 809. The number of rotatable bonds is 1. The molecule has 2 aromatic carbocycles. The minimum Gasteiger partial charge on any atom is -0.368 e. The Labute approximate surface area is 169 Å². The Hall–Kier alpha value is -1.43. The van der Waals surface area contributed by atoms with Crippen LogP contribution in [0, 0.1) is 22.7 Å². The average molecular weight is 391 g/mol. The lowest BCUT2D eigenvalue weighted by Crippen LogP contribution is -2.53. The Morgan fingerprint density at radius 1 is 1.00 bits per heavy atom. The van der Waals surface area contributed by atoms with Gasteiger partial charge in [-0.05, 0) is 65.6 Å². The van der Waals surface area contributed by atoms with Crippen molar-refractivity contribution < 1.29 is 0 Å². The highest BCUT2D eigenvalue weighted by Crippen LogP contribution is 2.44. The summed E-state index contributed by atoms with van der Waals surface area (Å²) in [5, 5.41) is 11.5. The molecule has 1 aliphatic heterocycles. The van der Waals surface area contributed by atoms with Gasteiger partial charge in [-0.15, -0.1) is 24.8 Å². The summed E-state index contributed by atoms with van der Waals surface area (Å²) in [5.74, 6) is 0.846. The van der Waals surface area contributed by atoms with Gasteiger partial charge >= 0.3 is 0 Å². The zero-order valence-corrected chi connectivity index (χ0v) is 17.2. The van der Waals surface area contributed by atoms with Crippen molar-refractivity contribution in [2.45, 2.75) is 52.0 Å². The molecule has 1 saturated heterocycles. The molecule has 1 heterocycles. The zero-order valence-electron chi connectivity index (χ0n) is 15.6. The largest absolute Gasteiger partial charge is 0.368 e. The molecule has 0 spiro atoms. The highest BCUT2D eigenvalue weighted by Gasteiger charge is 2.40. The topological polar surface area (TPSA) is 27.0 Å². The molecular weight excluding hydrogens is 363 g/mol. The van der Waals surface area contributed by atoms with Crippen LogP contribution in [0.1, 0.15) is 51.5 Å². The standard InChI is InChI=1S/C22H26N2.2ClH/c1-22(2)13-19-5-3-4-6-21(19)24(15-22)20-10-9-17-11-16(14-23)7-8-18(17)12-20;;/h7-12,19,21H,3-6,13,15H2,1-2H3;2*1H/t19-,21+;;/m1../s1. The first kappa shape index (κ1) is 20.9. The van der Waals surface area contributed by atoms with E-state index < -0.39 is 0 Å². The van der Waals surface area contributed by atoms with E-state index in [1.165, 1.54) is 43.2 Å². The van der Waals surface area contributed by atoms with Crippen molar-refractivity contribution in [1.82, 2.24) is 0 Å². The molecule has 1 aliphatic carbocycles. The molecule has 0 radical (unpaired) electrons. The number of hydrogen-bond donors (Lipinski definition) is 0. The molecule has 2 aromatic rings. The monoisotopic (exact) mass is 390 g/mol. The summed E-state index contributed by atoms with van der Waals surface area (Å²) in [6.45, 7) is 5.99. The van der Waals surface area contributed by atoms with E-state index in [9.17, 15) is 0 Å². The van der Waals surface area contributed by atoms with E-state index in [0.29, 0.717) is 11.5 Å². The first-order valence-electron chi connectivity index (χ1n) is 9.26. The lowest BCUT2D eigenvalue weighted by atomic mass is 9.69. The molecule has 0 aromatic heterocycles. The van der Waals surface area contributed by atoms with Crippen molar-refractivity contribution in [3.8, 4) is 6.07 Å². The predicted molar refractivity (Wildman–Crippen MR) is 115 cm³/mol. The minimum absolute atomic E-state index is 0. The van der Waals surface area contributed by atoms with Crippen LogP contribution in [-0.2, 0) is 0 Å². The number of anilines is 1. The average Bonchev–Trinajstić information content (AvgIpc) is 2.59. The number of nitrogens with zero attached hydrogens (tertiary/aromatic N) is 2. The Morgan fingerprint density at radius 3 is 2.46 bits per heavy atom. The van der Waals surface area contributed by atoms with Crippen LogP contribution in [0.25, 0.3) is 10.8 Å². The molecule has 0 bridgehead atoms. The van der Waals surface area contributed by atoms with Gasteiger partial charge in [-0.2, -0.15) is 5.26 Å². The maximum Gasteiger partial charge on any atom is 0.0991 e. The van der Waals surface area contributed by atoms with E-state index in [0.717, 1.165) is 23.4 Å². The molecule has 4 heteroatoms. The molecule has 0 unspecified atom stereocenters. The minimum atomic E-state index is 0. The first-order chi connectivity index (χ1) is 11.6. The second-order valence-corrected chi connectivity index (χ2v) is 8.47. The van der Waals surface area contributed by atoms with Crippen LogP contribution in [0.2, 0.25) is 0 Å². The summed E-state index contributed by atoms with van der Waals surface area (Å²) in [4.78, 5) is 2.69. The summed E-state index contributed by atoms with van der Waals surface area (Å²) in [6.07, 6.45) is 6.88. The van der Waals surface area contributed by atoms with Crippen LogP contribution in [0.5, 0.6) is 0 Å². The fraction of sp³-hybridized carbons (Fsp3) is 0.500. The Morgan fingerprint density at radius 2 is 1.69 bits per heavy atom. The van der Waals surface area contributed by atoms with Crippen LogP contribution >= 0.6 is 24.8 Å². The van der Waals surface area contributed by atoms with E-state index in [4.69, 9.17) is 5.26 Å². The summed E-state index contributed by atoms with van der Waals surface area (Å²) in [5.41, 5.74) is 2.48. The third-order valence-electron chi connectivity index (χ3n) is 5.97. The normalized spacial score (nSPS) is 24.0. The summed E-state index contributed by atoms with van der Waals surface area (Å²) in [7, 11) is 0. The van der Waals surface area contributed by atoms with Gasteiger partial charge in [-0.3, -0.25) is 0 Å². The number of nitriles is 1. The third kappa shape index (κ3) is 3.95. The van der Waals surface area contributed by atoms with Crippen molar-refractivity contribution in [3.05, 3.63) is 42.0 Å². The molecule has 1 saturated carbocycles. The molecule has 140 valence electrons. The molecule has 26 heavy (non-hydrogen) atoms. The molecule has 0 N–H and O–H groups in total. The van der Waals surface area contributed by atoms with Gasteiger partial charge in [-0.1, -0.05) is 38.8 Å². The third-order valence-corrected chi connectivity index (χ3v) is 5.97. The van der Waals surface area contributed by atoms with Crippen molar-refractivity contribution >= 4 is 41.3 Å².